The largest absolute Gasteiger partial charge is 0.495 e. The molecule has 0 fully saturated rings. The fourth-order valence-corrected chi connectivity index (χ4v) is 1.23. The molecule has 0 spiro atoms. The number of rotatable bonds is 5. The number of carbonyl (C=O) groups excluding carboxylic acids is 1. The number of anilines is 2. The van der Waals surface area contributed by atoms with Crippen LogP contribution in [0.4, 0.5) is 11.4 Å². The molecule has 3 N–H and O–H groups in total. The van der Waals surface area contributed by atoms with Crippen molar-refractivity contribution in [3.8, 4) is 5.75 Å². The van der Waals surface area contributed by atoms with Crippen molar-refractivity contribution >= 4 is 17.3 Å². The first kappa shape index (κ1) is 12.2. The molecule has 0 unspecified atom stereocenters. The van der Waals surface area contributed by atoms with Gasteiger partial charge in [-0.05, 0) is 12.1 Å². The third-order valence-electron chi connectivity index (χ3n) is 2.12. The van der Waals surface area contributed by atoms with E-state index in [-0.39, 0.29) is 5.97 Å². The van der Waals surface area contributed by atoms with Crippen LogP contribution >= 0.6 is 0 Å². The first-order chi connectivity index (χ1) is 7.67. The highest BCUT2D eigenvalue weighted by molar-refractivity contribution is 5.70. The monoisotopic (exact) mass is 224 g/mol. The van der Waals surface area contributed by atoms with Gasteiger partial charge >= 0.3 is 5.97 Å². The maximum atomic E-state index is 10.9. The molecule has 88 valence electrons. The summed E-state index contributed by atoms with van der Waals surface area (Å²) in [5, 5.41) is 3.08. The molecular weight excluding hydrogens is 208 g/mol. The number of hydrogen-bond acceptors (Lipinski definition) is 5. The number of nitrogens with one attached hydrogen (secondary N) is 1. The van der Waals surface area contributed by atoms with Crippen molar-refractivity contribution in [2.24, 2.45) is 0 Å². The number of nitrogen functional groups attached to an aromatic ring is 1. The molecule has 1 aromatic carbocycles. The van der Waals surface area contributed by atoms with Crippen molar-refractivity contribution < 1.29 is 14.3 Å². The number of hydrogen-bond donors (Lipinski definition) is 2. The second-order valence-corrected chi connectivity index (χ2v) is 3.21. The summed E-state index contributed by atoms with van der Waals surface area (Å²) in [5.41, 5.74) is 7.11. The first-order valence-electron chi connectivity index (χ1n) is 4.91. The highest BCUT2D eigenvalue weighted by Gasteiger charge is 2.02. The average molecular weight is 224 g/mol. The molecule has 0 saturated carbocycles. The van der Waals surface area contributed by atoms with Crippen LogP contribution in [0.5, 0.6) is 5.75 Å². The zero-order chi connectivity index (χ0) is 12.0. The highest BCUT2D eigenvalue weighted by atomic mass is 16.5. The summed E-state index contributed by atoms with van der Waals surface area (Å²) in [6.45, 7) is 0.514. The van der Waals surface area contributed by atoms with Gasteiger partial charge in [0.2, 0.25) is 0 Å². The van der Waals surface area contributed by atoms with E-state index in [9.17, 15) is 4.79 Å². The molecule has 0 saturated heterocycles. The maximum Gasteiger partial charge on any atom is 0.307 e. The molecule has 0 radical (unpaired) electrons. The predicted octanol–water partition coefficient (Wildman–Crippen LogP) is 1.25. The quantitative estimate of drug-likeness (QED) is 0.581. The fourth-order valence-electron chi connectivity index (χ4n) is 1.23. The molecule has 0 bridgehead atoms. The van der Waals surface area contributed by atoms with Crippen molar-refractivity contribution in [2.75, 3.05) is 31.8 Å². The van der Waals surface area contributed by atoms with Gasteiger partial charge < -0.3 is 20.5 Å². The normalized spacial score (nSPS) is 9.62. The molecule has 0 heterocycles. The van der Waals surface area contributed by atoms with Crippen molar-refractivity contribution in [1.82, 2.24) is 0 Å². The fraction of sp³-hybridized carbons (Fsp3) is 0.364. The molecule has 0 aliphatic carbocycles. The molecule has 1 aromatic rings. The Hall–Kier alpha value is -1.91. The molecule has 0 aliphatic rings. The van der Waals surface area contributed by atoms with Gasteiger partial charge in [0.05, 0.1) is 26.3 Å². The van der Waals surface area contributed by atoms with Crippen LogP contribution in [0.2, 0.25) is 0 Å². The van der Waals surface area contributed by atoms with Gasteiger partial charge in [0, 0.05) is 18.3 Å². The van der Waals surface area contributed by atoms with Crippen molar-refractivity contribution in [1.29, 1.82) is 0 Å². The van der Waals surface area contributed by atoms with E-state index in [1.165, 1.54) is 7.11 Å². The lowest BCUT2D eigenvalue weighted by molar-refractivity contribution is -0.140. The smallest absolute Gasteiger partial charge is 0.307 e. The Labute approximate surface area is 94.5 Å². The zero-order valence-electron chi connectivity index (χ0n) is 9.45. The summed E-state index contributed by atoms with van der Waals surface area (Å²) in [5.74, 6) is 0.373. The Morgan fingerprint density at radius 3 is 2.81 bits per heavy atom. The molecular formula is C11H16N2O3. The maximum absolute atomic E-state index is 10.9. The molecule has 0 amide bonds. The van der Waals surface area contributed by atoms with Gasteiger partial charge in [-0.15, -0.1) is 0 Å². The second kappa shape index (κ2) is 5.85. The minimum absolute atomic E-state index is 0.241. The van der Waals surface area contributed by atoms with Crippen LogP contribution in [0, 0.1) is 0 Å². The molecule has 0 aromatic heterocycles. The van der Waals surface area contributed by atoms with E-state index in [4.69, 9.17) is 10.5 Å². The van der Waals surface area contributed by atoms with Crippen molar-refractivity contribution in [3.05, 3.63) is 18.2 Å². The van der Waals surface area contributed by atoms with Gasteiger partial charge in [-0.1, -0.05) is 0 Å². The number of benzene rings is 1. The van der Waals surface area contributed by atoms with Gasteiger partial charge in [-0.3, -0.25) is 4.79 Å². The predicted molar refractivity (Wildman–Crippen MR) is 62.5 cm³/mol. The number of methoxy groups -OCH3 is 2. The van der Waals surface area contributed by atoms with Crippen molar-refractivity contribution in [3.63, 3.8) is 0 Å². The van der Waals surface area contributed by atoms with Crippen LogP contribution in [0.25, 0.3) is 0 Å². The summed E-state index contributed by atoms with van der Waals surface area (Å²) >= 11 is 0. The van der Waals surface area contributed by atoms with E-state index < -0.39 is 0 Å². The van der Waals surface area contributed by atoms with Crippen LogP contribution in [0.3, 0.4) is 0 Å². The Morgan fingerprint density at radius 2 is 2.19 bits per heavy atom. The van der Waals surface area contributed by atoms with Crippen LogP contribution in [0.15, 0.2) is 18.2 Å². The van der Waals surface area contributed by atoms with Crippen LogP contribution < -0.4 is 15.8 Å². The van der Waals surface area contributed by atoms with Gasteiger partial charge in [-0.25, -0.2) is 0 Å². The number of ether oxygens (including phenoxy) is 2. The minimum Gasteiger partial charge on any atom is -0.495 e. The Kier molecular flexibility index (Phi) is 4.44. The molecule has 1 rings (SSSR count). The second-order valence-electron chi connectivity index (χ2n) is 3.21. The van der Waals surface area contributed by atoms with E-state index in [0.717, 1.165) is 5.69 Å². The number of nitrogens with two attached hydrogens (primary N) is 1. The van der Waals surface area contributed by atoms with Gasteiger partial charge in [-0.2, -0.15) is 0 Å². The third kappa shape index (κ3) is 3.34. The van der Waals surface area contributed by atoms with Gasteiger partial charge in [0.25, 0.3) is 0 Å². The minimum atomic E-state index is -0.241. The highest BCUT2D eigenvalue weighted by Crippen LogP contribution is 2.24. The van der Waals surface area contributed by atoms with E-state index in [0.29, 0.717) is 24.4 Å². The van der Waals surface area contributed by atoms with Crippen molar-refractivity contribution in [2.45, 2.75) is 6.42 Å². The Morgan fingerprint density at radius 1 is 1.44 bits per heavy atom. The topological polar surface area (TPSA) is 73.6 Å². The zero-order valence-corrected chi connectivity index (χ0v) is 9.45. The third-order valence-corrected chi connectivity index (χ3v) is 2.12. The molecule has 0 aliphatic heterocycles. The van der Waals surface area contributed by atoms with E-state index in [1.54, 1.807) is 19.2 Å². The summed E-state index contributed by atoms with van der Waals surface area (Å²) in [7, 11) is 2.93. The average Bonchev–Trinajstić information content (AvgIpc) is 2.31. The molecule has 5 nitrogen and oxygen atoms in total. The molecule has 16 heavy (non-hydrogen) atoms. The van der Waals surface area contributed by atoms with Gasteiger partial charge in [0.1, 0.15) is 5.75 Å². The molecule has 5 heteroatoms. The summed E-state index contributed by atoms with van der Waals surface area (Å²) in [6, 6.07) is 5.36. The van der Waals surface area contributed by atoms with E-state index in [2.05, 4.69) is 10.1 Å². The molecule has 0 atom stereocenters. The standard InChI is InChI=1S/C11H16N2O3/c1-15-10-7-8(3-4-9(10)12)13-6-5-11(14)16-2/h3-4,7,13H,5-6,12H2,1-2H3. The SMILES string of the molecule is COC(=O)CCNc1ccc(N)c(OC)c1. The van der Waals surface area contributed by atoms with E-state index >= 15 is 0 Å². The summed E-state index contributed by atoms with van der Waals surface area (Å²) in [6.07, 6.45) is 0.323. The van der Waals surface area contributed by atoms with Crippen LogP contribution in [-0.4, -0.2) is 26.7 Å². The number of esters is 1. The van der Waals surface area contributed by atoms with Gasteiger partial charge in [0.15, 0.2) is 0 Å². The Bertz CT molecular complexity index is 366. The van der Waals surface area contributed by atoms with E-state index in [1.807, 2.05) is 6.07 Å². The summed E-state index contributed by atoms with van der Waals surface area (Å²) < 4.78 is 9.61. The Balaban J connectivity index is 2.51. The van der Waals surface area contributed by atoms with Crippen LogP contribution in [-0.2, 0) is 9.53 Å². The lowest BCUT2D eigenvalue weighted by Crippen LogP contribution is -2.09. The first-order valence-corrected chi connectivity index (χ1v) is 4.91. The summed E-state index contributed by atoms with van der Waals surface area (Å²) in [4.78, 5) is 10.9. The van der Waals surface area contributed by atoms with Crippen LogP contribution in [0.1, 0.15) is 6.42 Å². The lowest BCUT2D eigenvalue weighted by Gasteiger charge is -2.09. The number of carbonyl (C=O) groups is 1. The lowest BCUT2D eigenvalue weighted by atomic mass is 10.2.